The van der Waals surface area contributed by atoms with Crippen LogP contribution in [0, 0.1) is 0 Å². The highest BCUT2D eigenvalue weighted by molar-refractivity contribution is 7.13. The van der Waals surface area contributed by atoms with E-state index in [1.165, 1.54) is 0 Å². The number of anilines is 1. The van der Waals surface area contributed by atoms with E-state index in [4.69, 9.17) is 5.73 Å². The molecule has 3 aromatic rings. The minimum absolute atomic E-state index is 0.591. The Morgan fingerprint density at radius 2 is 2.00 bits per heavy atom. The summed E-state index contributed by atoms with van der Waals surface area (Å²) in [7, 11) is 1.82. The van der Waals surface area contributed by atoms with Crippen molar-refractivity contribution in [1.82, 2.24) is 19.7 Å². The van der Waals surface area contributed by atoms with Crippen LogP contribution in [0.5, 0.6) is 0 Å². The molecule has 0 aliphatic carbocycles. The topological polar surface area (TPSA) is 69.6 Å². The minimum atomic E-state index is 0.591. The van der Waals surface area contributed by atoms with E-state index in [9.17, 15) is 0 Å². The molecule has 0 aliphatic rings. The molecule has 0 bridgehead atoms. The minimum Gasteiger partial charge on any atom is -0.383 e. The number of hydrogen-bond donors (Lipinski definition) is 1. The fourth-order valence-electron chi connectivity index (χ4n) is 1.78. The summed E-state index contributed by atoms with van der Waals surface area (Å²) in [6.45, 7) is 0. The SMILES string of the molecule is Cn1nc(-c2ncccn2)c(-c2cccs2)c1N. The smallest absolute Gasteiger partial charge is 0.180 e. The lowest BCUT2D eigenvalue weighted by molar-refractivity contribution is 0.780. The summed E-state index contributed by atoms with van der Waals surface area (Å²) < 4.78 is 1.65. The number of aryl methyl sites for hydroxylation is 1. The third-order valence-corrected chi connectivity index (χ3v) is 3.52. The molecule has 6 heteroatoms. The van der Waals surface area contributed by atoms with Gasteiger partial charge in [0, 0.05) is 24.3 Å². The van der Waals surface area contributed by atoms with Gasteiger partial charge in [-0.1, -0.05) is 6.07 Å². The highest BCUT2D eigenvalue weighted by Gasteiger charge is 2.19. The zero-order valence-electron chi connectivity index (χ0n) is 9.74. The zero-order chi connectivity index (χ0) is 12.5. The summed E-state index contributed by atoms with van der Waals surface area (Å²) in [6.07, 6.45) is 3.40. The molecule has 0 fully saturated rings. The second kappa shape index (κ2) is 4.23. The zero-order valence-corrected chi connectivity index (χ0v) is 10.6. The van der Waals surface area contributed by atoms with E-state index in [0.717, 1.165) is 16.1 Å². The number of nitrogens with zero attached hydrogens (tertiary/aromatic N) is 4. The molecule has 0 saturated carbocycles. The van der Waals surface area contributed by atoms with Crippen LogP contribution in [0.1, 0.15) is 0 Å². The van der Waals surface area contributed by atoms with Gasteiger partial charge >= 0.3 is 0 Å². The van der Waals surface area contributed by atoms with Crippen LogP contribution in [0.4, 0.5) is 5.82 Å². The first-order valence-corrected chi connectivity index (χ1v) is 6.29. The van der Waals surface area contributed by atoms with Crippen LogP contribution in [-0.2, 0) is 7.05 Å². The molecule has 0 radical (unpaired) electrons. The second-order valence-corrected chi connectivity index (χ2v) is 4.73. The van der Waals surface area contributed by atoms with Crippen molar-refractivity contribution in [3.63, 3.8) is 0 Å². The summed E-state index contributed by atoms with van der Waals surface area (Å²) >= 11 is 1.62. The molecular weight excluding hydrogens is 246 g/mol. The molecule has 0 atom stereocenters. The maximum atomic E-state index is 6.08. The van der Waals surface area contributed by atoms with E-state index in [-0.39, 0.29) is 0 Å². The second-order valence-electron chi connectivity index (χ2n) is 3.78. The third kappa shape index (κ3) is 1.67. The van der Waals surface area contributed by atoms with E-state index in [0.29, 0.717) is 11.6 Å². The molecule has 0 saturated heterocycles. The number of hydrogen-bond acceptors (Lipinski definition) is 5. The molecule has 18 heavy (non-hydrogen) atoms. The number of thiophene rings is 1. The van der Waals surface area contributed by atoms with Gasteiger partial charge in [0.15, 0.2) is 5.82 Å². The van der Waals surface area contributed by atoms with E-state index in [2.05, 4.69) is 15.1 Å². The first-order valence-electron chi connectivity index (χ1n) is 5.41. The van der Waals surface area contributed by atoms with Crippen LogP contribution in [0.3, 0.4) is 0 Å². The van der Waals surface area contributed by atoms with Crippen LogP contribution in [-0.4, -0.2) is 19.7 Å². The lowest BCUT2D eigenvalue weighted by atomic mass is 10.2. The monoisotopic (exact) mass is 257 g/mol. The quantitative estimate of drug-likeness (QED) is 0.764. The van der Waals surface area contributed by atoms with Crippen molar-refractivity contribution in [3.05, 3.63) is 36.0 Å². The Morgan fingerprint density at radius 1 is 1.22 bits per heavy atom. The van der Waals surface area contributed by atoms with Crippen LogP contribution in [0.25, 0.3) is 22.0 Å². The molecule has 3 rings (SSSR count). The highest BCUT2D eigenvalue weighted by Crippen LogP contribution is 2.36. The highest BCUT2D eigenvalue weighted by atomic mass is 32.1. The van der Waals surface area contributed by atoms with Crippen molar-refractivity contribution in [2.24, 2.45) is 7.05 Å². The Bertz CT molecular complexity index is 657. The predicted molar refractivity (Wildman–Crippen MR) is 72.0 cm³/mol. The van der Waals surface area contributed by atoms with Crippen LogP contribution < -0.4 is 5.73 Å². The van der Waals surface area contributed by atoms with Gasteiger partial charge in [-0.15, -0.1) is 11.3 Å². The van der Waals surface area contributed by atoms with Gasteiger partial charge in [0.05, 0.1) is 5.56 Å². The average Bonchev–Trinajstić information content (AvgIpc) is 3.00. The molecular formula is C12H11N5S. The normalized spacial score (nSPS) is 10.7. The van der Waals surface area contributed by atoms with Crippen molar-refractivity contribution in [1.29, 1.82) is 0 Å². The largest absolute Gasteiger partial charge is 0.383 e. The summed E-state index contributed by atoms with van der Waals surface area (Å²) in [5.41, 5.74) is 7.71. The maximum absolute atomic E-state index is 6.08. The molecule has 3 heterocycles. The Kier molecular flexibility index (Phi) is 2.56. The molecule has 0 aromatic carbocycles. The molecule has 90 valence electrons. The van der Waals surface area contributed by atoms with Crippen molar-refractivity contribution in [2.45, 2.75) is 0 Å². The first kappa shape index (κ1) is 10.9. The summed E-state index contributed by atoms with van der Waals surface area (Å²) in [4.78, 5) is 9.54. The van der Waals surface area contributed by atoms with E-state index in [1.807, 2.05) is 24.6 Å². The van der Waals surface area contributed by atoms with Gasteiger partial charge in [-0.25, -0.2) is 9.97 Å². The average molecular weight is 257 g/mol. The Balaban J connectivity index is 2.25. The lowest BCUT2D eigenvalue weighted by Crippen LogP contribution is -1.97. The van der Waals surface area contributed by atoms with Crippen LogP contribution >= 0.6 is 11.3 Å². The van der Waals surface area contributed by atoms with Gasteiger partial charge in [-0.3, -0.25) is 4.68 Å². The van der Waals surface area contributed by atoms with Gasteiger partial charge in [-0.2, -0.15) is 5.10 Å². The van der Waals surface area contributed by atoms with Gasteiger partial charge in [0.1, 0.15) is 11.5 Å². The standard InChI is InChI=1S/C12H11N5S/c1-17-11(13)9(8-4-2-7-18-8)10(16-17)12-14-5-3-6-15-12/h2-7H,13H2,1H3. The molecule has 3 aromatic heterocycles. The predicted octanol–water partition coefficient (Wildman–Crippen LogP) is 2.19. The number of rotatable bonds is 2. The van der Waals surface area contributed by atoms with Gasteiger partial charge in [0.25, 0.3) is 0 Å². The van der Waals surface area contributed by atoms with Gasteiger partial charge in [0.2, 0.25) is 0 Å². The summed E-state index contributed by atoms with van der Waals surface area (Å²) in [6, 6.07) is 5.78. The Morgan fingerprint density at radius 3 is 2.67 bits per heavy atom. The Labute approximate surface area is 108 Å². The van der Waals surface area contributed by atoms with Crippen molar-refractivity contribution in [3.8, 4) is 22.0 Å². The van der Waals surface area contributed by atoms with Crippen molar-refractivity contribution in [2.75, 3.05) is 5.73 Å². The molecule has 0 amide bonds. The third-order valence-electron chi connectivity index (χ3n) is 2.64. The lowest BCUT2D eigenvalue weighted by Gasteiger charge is -1.99. The maximum Gasteiger partial charge on any atom is 0.180 e. The van der Waals surface area contributed by atoms with Crippen LogP contribution in [0.15, 0.2) is 36.0 Å². The van der Waals surface area contributed by atoms with Gasteiger partial charge in [-0.05, 0) is 17.5 Å². The molecule has 0 aliphatic heterocycles. The van der Waals surface area contributed by atoms with Gasteiger partial charge < -0.3 is 5.73 Å². The number of nitrogen functional groups attached to an aromatic ring is 1. The van der Waals surface area contributed by atoms with Crippen LogP contribution in [0.2, 0.25) is 0 Å². The van der Waals surface area contributed by atoms with E-state index in [1.54, 1.807) is 34.5 Å². The summed E-state index contributed by atoms with van der Waals surface area (Å²) in [5, 5.41) is 6.42. The molecule has 2 N–H and O–H groups in total. The molecule has 0 unspecified atom stereocenters. The fraction of sp³-hybridized carbons (Fsp3) is 0.0833. The van der Waals surface area contributed by atoms with Crippen molar-refractivity contribution >= 4 is 17.2 Å². The van der Waals surface area contributed by atoms with Crippen molar-refractivity contribution < 1.29 is 0 Å². The molecule has 0 spiro atoms. The number of aromatic nitrogens is 4. The fourth-order valence-corrected chi connectivity index (χ4v) is 2.56. The molecule has 5 nitrogen and oxygen atoms in total. The number of nitrogens with two attached hydrogens (primary N) is 1. The van der Waals surface area contributed by atoms with E-state index < -0.39 is 0 Å². The summed E-state index contributed by atoms with van der Waals surface area (Å²) in [5.74, 6) is 1.22. The Hall–Kier alpha value is -2.21. The first-order chi connectivity index (χ1) is 8.77. The van der Waals surface area contributed by atoms with E-state index >= 15 is 0 Å².